The monoisotopic (exact) mass is 319 g/mol. The molecule has 2 aromatic rings. The van der Waals surface area contributed by atoms with E-state index in [0.717, 1.165) is 5.01 Å². The highest BCUT2D eigenvalue weighted by Crippen LogP contribution is 2.39. The van der Waals surface area contributed by atoms with Crippen LogP contribution in [0.3, 0.4) is 0 Å². The van der Waals surface area contributed by atoms with E-state index in [2.05, 4.69) is 5.43 Å². The van der Waals surface area contributed by atoms with Crippen LogP contribution in [0.15, 0.2) is 36.4 Å². The predicted molar refractivity (Wildman–Crippen MR) is 76.9 cm³/mol. The zero-order valence-electron chi connectivity index (χ0n) is 11.9. The van der Waals surface area contributed by atoms with Gasteiger partial charge < -0.3 is 0 Å². The van der Waals surface area contributed by atoms with E-state index in [1.807, 2.05) is 6.07 Å². The Kier molecular flexibility index (Phi) is 3.70. The van der Waals surface area contributed by atoms with Gasteiger partial charge in [-0.05, 0) is 28.5 Å². The third kappa shape index (κ3) is 2.85. The fourth-order valence-electron chi connectivity index (χ4n) is 2.79. The van der Waals surface area contributed by atoms with Crippen molar-refractivity contribution < 1.29 is 18.0 Å². The Balaban J connectivity index is 2.11. The summed E-state index contributed by atoms with van der Waals surface area (Å²) in [4.78, 5) is 11.3. The van der Waals surface area contributed by atoms with Crippen molar-refractivity contribution in [3.63, 3.8) is 0 Å². The number of halogens is 3. The van der Waals surface area contributed by atoms with E-state index in [0.29, 0.717) is 16.3 Å². The normalized spacial score (nSPS) is 17.0. The highest BCUT2D eigenvalue weighted by molar-refractivity contribution is 5.88. The average molecular weight is 319 g/mol. The molecule has 0 bridgehead atoms. The number of fused-ring (bicyclic) bond motifs is 1. The maximum absolute atomic E-state index is 13.5. The van der Waals surface area contributed by atoms with Crippen LogP contribution in [0.5, 0.6) is 0 Å². The fraction of sp³-hybridized carbons (Fsp3) is 0.250. The second-order valence-corrected chi connectivity index (χ2v) is 5.32. The van der Waals surface area contributed by atoms with Gasteiger partial charge in [-0.25, -0.2) is 5.01 Å². The molecule has 7 heteroatoms. The van der Waals surface area contributed by atoms with Crippen LogP contribution < -0.4 is 5.43 Å². The second kappa shape index (κ2) is 5.56. The van der Waals surface area contributed by atoms with Crippen molar-refractivity contribution in [2.24, 2.45) is 0 Å². The highest BCUT2D eigenvalue weighted by atomic mass is 19.4. The lowest BCUT2D eigenvalue weighted by molar-refractivity contribution is -0.191. The molecule has 1 amide bonds. The molecule has 0 aromatic heterocycles. The number of hydrogen-bond donors (Lipinski definition) is 1. The van der Waals surface area contributed by atoms with Crippen molar-refractivity contribution >= 4 is 16.7 Å². The Morgan fingerprint density at radius 1 is 1.26 bits per heavy atom. The fourth-order valence-corrected chi connectivity index (χ4v) is 2.79. The molecule has 1 unspecified atom stereocenters. The maximum atomic E-state index is 13.5. The Hall–Kier alpha value is -2.59. The molecule has 4 nitrogen and oxygen atoms in total. The van der Waals surface area contributed by atoms with Gasteiger partial charge in [0.1, 0.15) is 6.04 Å². The van der Waals surface area contributed by atoms with Crippen LogP contribution in [-0.2, 0) is 4.79 Å². The van der Waals surface area contributed by atoms with Crippen LogP contribution in [0.1, 0.15) is 23.6 Å². The minimum Gasteiger partial charge on any atom is -0.288 e. The number of nitrogens with one attached hydrogen (secondary N) is 1. The first-order valence-corrected chi connectivity index (χ1v) is 6.96. The Morgan fingerprint density at radius 2 is 2.04 bits per heavy atom. The lowest BCUT2D eigenvalue weighted by Crippen LogP contribution is -2.43. The molecule has 1 N–H and O–H groups in total. The first kappa shape index (κ1) is 15.3. The summed E-state index contributed by atoms with van der Waals surface area (Å²) in [6.07, 6.45) is -4.52. The number of rotatable bonds is 2. The van der Waals surface area contributed by atoms with Crippen molar-refractivity contribution in [1.82, 2.24) is 10.4 Å². The molecule has 2 aromatic carbocycles. The summed E-state index contributed by atoms with van der Waals surface area (Å²) in [5, 5.41) is 11.2. The van der Waals surface area contributed by atoms with Gasteiger partial charge in [0, 0.05) is 13.0 Å². The van der Waals surface area contributed by atoms with E-state index in [1.54, 1.807) is 24.3 Å². The summed E-state index contributed by atoms with van der Waals surface area (Å²) >= 11 is 0. The van der Waals surface area contributed by atoms with Gasteiger partial charge in [0.15, 0.2) is 0 Å². The van der Waals surface area contributed by atoms with Crippen LogP contribution in [0.25, 0.3) is 10.8 Å². The third-order valence-corrected chi connectivity index (χ3v) is 3.81. The number of carbonyl (C=O) groups is 1. The standard InChI is InChI=1S/C16H12F3N3O/c17-16(18,19)15(22-7-6-14(23)21-22)11-5-4-10-2-1-3-12(9-20)13(10)8-11/h1-5,8,15H,6-7H2,(H,21,23). The maximum Gasteiger partial charge on any atom is 0.409 e. The van der Waals surface area contributed by atoms with Crippen molar-refractivity contribution in [2.45, 2.75) is 18.6 Å². The number of hydrogen-bond acceptors (Lipinski definition) is 3. The highest BCUT2D eigenvalue weighted by Gasteiger charge is 2.46. The largest absolute Gasteiger partial charge is 0.409 e. The molecular formula is C16H12F3N3O. The molecule has 1 saturated heterocycles. The summed E-state index contributed by atoms with van der Waals surface area (Å²) in [5.41, 5.74) is 2.56. The molecule has 0 aliphatic carbocycles. The average Bonchev–Trinajstić information content (AvgIpc) is 2.91. The molecule has 1 aliphatic heterocycles. The van der Waals surface area contributed by atoms with Crippen molar-refractivity contribution in [3.8, 4) is 6.07 Å². The Bertz CT molecular complexity index is 810. The van der Waals surface area contributed by atoms with Crippen LogP contribution in [0.4, 0.5) is 13.2 Å². The van der Waals surface area contributed by atoms with Crippen molar-refractivity contribution in [2.75, 3.05) is 6.54 Å². The minimum atomic E-state index is -4.55. The van der Waals surface area contributed by atoms with Gasteiger partial charge in [-0.1, -0.05) is 24.3 Å². The molecule has 1 atom stereocenters. The number of nitriles is 1. The summed E-state index contributed by atoms with van der Waals surface area (Å²) < 4.78 is 40.5. The van der Waals surface area contributed by atoms with Gasteiger partial charge in [0.2, 0.25) is 5.91 Å². The summed E-state index contributed by atoms with van der Waals surface area (Å²) in [6.45, 7) is -0.0130. The third-order valence-electron chi connectivity index (χ3n) is 3.81. The number of hydrazine groups is 1. The van der Waals surface area contributed by atoms with E-state index in [4.69, 9.17) is 5.26 Å². The van der Waals surface area contributed by atoms with E-state index in [-0.39, 0.29) is 18.5 Å². The topological polar surface area (TPSA) is 56.1 Å². The van der Waals surface area contributed by atoms with Crippen LogP contribution in [0, 0.1) is 11.3 Å². The molecule has 118 valence electrons. The molecule has 0 radical (unpaired) electrons. The quantitative estimate of drug-likeness (QED) is 0.925. The molecule has 1 aliphatic rings. The van der Waals surface area contributed by atoms with Gasteiger partial charge in [-0.3, -0.25) is 10.2 Å². The van der Waals surface area contributed by atoms with E-state index < -0.39 is 18.1 Å². The number of nitrogens with zero attached hydrogens (tertiary/aromatic N) is 2. The SMILES string of the molecule is N#Cc1cccc2ccc(C(N3CCC(=O)N3)C(F)(F)F)cc12. The smallest absolute Gasteiger partial charge is 0.288 e. The van der Waals surface area contributed by atoms with E-state index in [1.165, 1.54) is 12.1 Å². The Morgan fingerprint density at radius 3 is 2.65 bits per heavy atom. The summed E-state index contributed by atoms with van der Waals surface area (Å²) in [6, 6.07) is 9.34. The van der Waals surface area contributed by atoms with E-state index in [9.17, 15) is 18.0 Å². The van der Waals surface area contributed by atoms with Gasteiger partial charge in [0.05, 0.1) is 11.6 Å². The number of amides is 1. The number of alkyl halides is 3. The van der Waals surface area contributed by atoms with Gasteiger partial charge in [-0.2, -0.15) is 18.4 Å². The van der Waals surface area contributed by atoms with Gasteiger partial charge in [-0.15, -0.1) is 0 Å². The first-order chi connectivity index (χ1) is 10.9. The zero-order chi connectivity index (χ0) is 16.6. The zero-order valence-corrected chi connectivity index (χ0v) is 11.9. The summed E-state index contributed by atoms with van der Waals surface area (Å²) in [7, 11) is 0. The van der Waals surface area contributed by atoms with Gasteiger partial charge >= 0.3 is 6.18 Å². The molecule has 0 saturated carbocycles. The number of benzene rings is 2. The predicted octanol–water partition coefficient (Wildman–Crippen LogP) is 3.05. The molecule has 1 fully saturated rings. The van der Waals surface area contributed by atoms with Gasteiger partial charge in [0.25, 0.3) is 0 Å². The molecule has 3 rings (SSSR count). The van der Waals surface area contributed by atoms with Crippen molar-refractivity contribution in [1.29, 1.82) is 5.26 Å². The first-order valence-electron chi connectivity index (χ1n) is 6.96. The number of carbonyl (C=O) groups excluding carboxylic acids is 1. The van der Waals surface area contributed by atoms with Crippen LogP contribution in [-0.4, -0.2) is 23.6 Å². The molecule has 1 heterocycles. The van der Waals surface area contributed by atoms with Crippen LogP contribution >= 0.6 is 0 Å². The van der Waals surface area contributed by atoms with Crippen LogP contribution in [0.2, 0.25) is 0 Å². The Labute approximate surface area is 130 Å². The molecule has 23 heavy (non-hydrogen) atoms. The second-order valence-electron chi connectivity index (χ2n) is 5.32. The van der Waals surface area contributed by atoms with Crippen molar-refractivity contribution in [3.05, 3.63) is 47.5 Å². The lowest BCUT2D eigenvalue weighted by atomic mass is 9.98. The minimum absolute atomic E-state index is 0.00472. The summed E-state index contributed by atoms with van der Waals surface area (Å²) in [5.74, 6) is -0.433. The van der Waals surface area contributed by atoms with E-state index >= 15 is 0 Å². The molecular weight excluding hydrogens is 307 g/mol. The molecule has 0 spiro atoms. The lowest BCUT2D eigenvalue weighted by Gasteiger charge is -2.29.